The van der Waals surface area contributed by atoms with Crippen LogP contribution in [-0.2, 0) is 16.0 Å². The van der Waals surface area contributed by atoms with E-state index in [0.717, 1.165) is 5.56 Å². The van der Waals surface area contributed by atoms with E-state index in [1.807, 2.05) is 0 Å². The summed E-state index contributed by atoms with van der Waals surface area (Å²) >= 11 is 3.34. The predicted octanol–water partition coefficient (Wildman–Crippen LogP) is 2.98. The lowest BCUT2D eigenvalue weighted by Gasteiger charge is -2.22. The van der Waals surface area contributed by atoms with Gasteiger partial charge in [-0.1, -0.05) is 6.07 Å². The molecule has 7 heteroatoms. The molecule has 1 amide bonds. The van der Waals surface area contributed by atoms with Gasteiger partial charge in [-0.2, -0.15) is 0 Å². The van der Waals surface area contributed by atoms with Gasteiger partial charge in [0.1, 0.15) is 17.4 Å². The second kappa shape index (κ2) is 7.49. The molecule has 0 aliphatic rings. The summed E-state index contributed by atoms with van der Waals surface area (Å²) in [5.74, 6) is -0.478. The largest absolute Gasteiger partial charge is 0.496 e. The minimum atomic E-state index is -1.13. The normalized spacial score (nSPS) is 12.4. The summed E-state index contributed by atoms with van der Waals surface area (Å²) in [5, 5.41) is 11.6. The lowest BCUT2D eigenvalue weighted by molar-refractivity contribution is -0.139. The zero-order valence-corrected chi connectivity index (χ0v) is 14.6. The van der Waals surface area contributed by atoms with Gasteiger partial charge in [-0.05, 0) is 54.4 Å². The molecule has 0 aliphatic carbocycles. The van der Waals surface area contributed by atoms with E-state index < -0.39 is 23.7 Å². The molecule has 22 heavy (non-hydrogen) atoms. The van der Waals surface area contributed by atoms with Crippen molar-refractivity contribution in [2.75, 3.05) is 7.11 Å². The van der Waals surface area contributed by atoms with E-state index in [0.29, 0.717) is 10.2 Å². The van der Waals surface area contributed by atoms with Crippen molar-refractivity contribution in [3.8, 4) is 5.75 Å². The molecule has 1 rings (SSSR count). The molecule has 0 radical (unpaired) electrons. The molecule has 0 aromatic heterocycles. The number of carboxylic acid groups (broad SMARTS) is 1. The maximum Gasteiger partial charge on any atom is 0.408 e. The third kappa shape index (κ3) is 5.93. The van der Waals surface area contributed by atoms with Crippen molar-refractivity contribution in [2.24, 2.45) is 0 Å². The summed E-state index contributed by atoms with van der Waals surface area (Å²) in [7, 11) is 1.55. The van der Waals surface area contributed by atoms with Crippen molar-refractivity contribution < 1.29 is 24.2 Å². The number of hydrogen-bond acceptors (Lipinski definition) is 4. The number of ether oxygens (including phenoxy) is 2. The highest BCUT2D eigenvalue weighted by atomic mass is 79.9. The number of methoxy groups -OCH3 is 1. The lowest BCUT2D eigenvalue weighted by atomic mass is 10.1. The summed E-state index contributed by atoms with van der Waals surface area (Å²) in [4.78, 5) is 23.0. The van der Waals surface area contributed by atoms with Crippen LogP contribution in [0.2, 0.25) is 0 Å². The van der Waals surface area contributed by atoms with Crippen LogP contribution in [0.1, 0.15) is 26.3 Å². The molecule has 0 aliphatic heterocycles. The molecule has 2 N–H and O–H groups in total. The van der Waals surface area contributed by atoms with Crippen LogP contribution < -0.4 is 10.1 Å². The summed E-state index contributed by atoms with van der Waals surface area (Å²) in [6, 6.07) is 4.16. The van der Waals surface area contributed by atoms with Crippen molar-refractivity contribution in [3.63, 3.8) is 0 Å². The van der Waals surface area contributed by atoms with E-state index in [2.05, 4.69) is 21.2 Å². The number of carbonyl (C=O) groups is 2. The minimum Gasteiger partial charge on any atom is -0.496 e. The molecule has 1 aromatic carbocycles. The predicted molar refractivity (Wildman–Crippen MR) is 85.2 cm³/mol. The molecule has 0 bridgehead atoms. The quantitative estimate of drug-likeness (QED) is 0.828. The number of halogens is 1. The number of amides is 1. The van der Waals surface area contributed by atoms with E-state index in [1.165, 1.54) is 0 Å². The molecule has 0 heterocycles. The highest BCUT2D eigenvalue weighted by Gasteiger charge is 2.24. The molecule has 0 saturated carbocycles. The fourth-order valence-corrected chi connectivity index (χ4v) is 2.31. The van der Waals surface area contributed by atoms with Gasteiger partial charge in [0.15, 0.2) is 0 Å². The third-order valence-corrected chi connectivity index (χ3v) is 3.26. The highest BCUT2D eigenvalue weighted by molar-refractivity contribution is 9.10. The standard InChI is InChI=1S/C15H20BrNO5/c1-15(2,3)22-14(20)17-11(13(18)19)8-9-5-6-12(21-4)10(16)7-9/h5-7,11H,8H2,1-4H3,(H,17,20)(H,18,19). The van der Waals surface area contributed by atoms with Gasteiger partial charge in [-0.3, -0.25) is 0 Å². The van der Waals surface area contributed by atoms with Crippen LogP contribution in [0.15, 0.2) is 22.7 Å². The molecule has 0 fully saturated rings. The van der Waals surface area contributed by atoms with Crippen LogP contribution in [0.5, 0.6) is 5.75 Å². The fraction of sp³-hybridized carbons (Fsp3) is 0.467. The molecular formula is C15H20BrNO5. The number of rotatable bonds is 5. The van der Waals surface area contributed by atoms with Gasteiger partial charge < -0.3 is 19.9 Å². The molecule has 1 atom stereocenters. The summed E-state index contributed by atoms with van der Waals surface area (Å²) in [6.45, 7) is 5.13. The number of benzene rings is 1. The number of aliphatic carboxylic acids is 1. The number of carboxylic acids is 1. The molecule has 1 unspecified atom stereocenters. The fourth-order valence-electron chi connectivity index (χ4n) is 1.72. The summed E-state index contributed by atoms with van der Waals surface area (Å²) < 4.78 is 10.9. The zero-order valence-electron chi connectivity index (χ0n) is 13.0. The van der Waals surface area contributed by atoms with Gasteiger partial charge in [0, 0.05) is 6.42 Å². The van der Waals surface area contributed by atoms with Crippen LogP contribution >= 0.6 is 15.9 Å². The third-order valence-electron chi connectivity index (χ3n) is 2.65. The lowest BCUT2D eigenvalue weighted by Crippen LogP contribution is -2.44. The Morgan fingerprint density at radius 1 is 1.36 bits per heavy atom. The molecule has 0 spiro atoms. The van der Waals surface area contributed by atoms with Crippen molar-refractivity contribution in [1.82, 2.24) is 5.32 Å². The van der Waals surface area contributed by atoms with Gasteiger partial charge in [0.05, 0.1) is 11.6 Å². The average Bonchev–Trinajstić information content (AvgIpc) is 2.35. The Kier molecular flexibility index (Phi) is 6.22. The van der Waals surface area contributed by atoms with Gasteiger partial charge in [0.25, 0.3) is 0 Å². The Hall–Kier alpha value is -1.76. The van der Waals surface area contributed by atoms with Crippen LogP contribution in [0, 0.1) is 0 Å². The molecule has 122 valence electrons. The SMILES string of the molecule is COc1ccc(CC(NC(=O)OC(C)(C)C)C(=O)O)cc1Br. The number of nitrogens with one attached hydrogen (secondary N) is 1. The summed E-state index contributed by atoms with van der Waals surface area (Å²) in [6.07, 6.45) is -0.621. The van der Waals surface area contributed by atoms with Crippen molar-refractivity contribution >= 4 is 28.0 Å². The Morgan fingerprint density at radius 3 is 2.45 bits per heavy atom. The van der Waals surface area contributed by atoms with E-state index in [4.69, 9.17) is 9.47 Å². The van der Waals surface area contributed by atoms with Crippen molar-refractivity contribution in [1.29, 1.82) is 0 Å². The first-order valence-electron chi connectivity index (χ1n) is 6.67. The zero-order chi connectivity index (χ0) is 16.9. The van der Waals surface area contributed by atoms with Gasteiger partial charge in [-0.25, -0.2) is 9.59 Å². The molecular weight excluding hydrogens is 354 g/mol. The Labute approximate surface area is 137 Å². The smallest absolute Gasteiger partial charge is 0.408 e. The second-order valence-corrected chi connectivity index (χ2v) is 6.56. The van der Waals surface area contributed by atoms with E-state index in [1.54, 1.807) is 46.1 Å². The van der Waals surface area contributed by atoms with Gasteiger partial charge in [-0.15, -0.1) is 0 Å². The second-order valence-electron chi connectivity index (χ2n) is 5.71. The van der Waals surface area contributed by atoms with Crippen LogP contribution in [0.4, 0.5) is 4.79 Å². The van der Waals surface area contributed by atoms with Crippen LogP contribution in [0.25, 0.3) is 0 Å². The molecule has 6 nitrogen and oxygen atoms in total. The highest BCUT2D eigenvalue weighted by Crippen LogP contribution is 2.26. The van der Waals surface area contributed by atoms with Crippen LogP contribution in [0.3, 0.4) is 0 Å². The van der Waals surface area contributed by atoms with Crippen molar-refractivity contribution in [2.45, 2.75) is 38.8 Å². The van der Waals surface area contributed by atoms with Crippen molar-refractivity contribution in [3.05, 3.63) is 28.2 Å². The molecule has 0 saturated heterocycles. The number of hydrogen-bond donors (Lipinski definition) is 2. The molecule has 1 aromatic rings. The van der Waals surface area contributed by atoms with E-state index >= 15 is 0 Å². The Morgan fingerprint density at radius 2 is 2.00 bits per heavy atom. The average molecular weight is 374 g/mol. The monoisotopic (exact) mass is 373 g/mol. The van der Waals surface area contributed by atoms with Gasteiger partial charge >= 0.3 is 12.1 Å². The Balaban J connectivity index is 2.78. The minimum absolute atomic E-state index is 0.136. The maximum atomic E-state index is 11.7. The Bertz CT molecular complexity index is 553. The van der Waals surface area contributed by atoms with E-state index in [-0.39, 0.29) is 6.42 Å². The van der Waals surface area contributed by atoms with Gasteiger partial charge in [0.2, 0.25) is 0 Å². The van der Waals surface area contributed by atoms with E-state index in [9.17, 15) is 14.7 Å². The first kappa shape index (κ1) is 18.3. The van der Waals surface area contributed by atoms with Crippen LogP contribution in [-0.4, -0.2) is 35.9 Å². The first-order chi connectivity index (χ1) is 10.1. The first-order valence-corrected chi connectivity index (χ1v) is 7.46. The summed E-state index contributed by atoms with van der Waals surface area (Å²) in [5.41, 5.74) is 0.0622. The topological polar surface area (TPSA) is 84.9 Å². The number of carbonyl (C=O) groups excluding carboxylic acids is 1. The maximum absolute atomic E-state index is 11.7. The number of alkyl carbamates (subject to hydrolysis) is 1.